The molecule has 1 heterocycles. The highest BCUT2D eigenvalue weighted by molar-refractivity contribution is 7.98. The van der Waals surface area contributed by atoms with Gasteiger partial charge in [-0.25, -0.2) is 4.98 Å². The molecule has 0 amide bonds. The molecule has 2 aromatic carbocycles. The van der Waals surface area contributed by atoms with Crippen molar-refractivity contribution in [3.63, 3.8) is 0 Å². The van der Waals surface area contributed by atoms with Gasteiger partial charge in [-0.3, -0.25) is 5.10 Å². The van der Waals surface area contributed by atoms with Crippen molar-refractivity contribution in [2.45, 2.75) is 10.6 Å². The number of thioether (sulfide) groups is 1. The molecule has 3 aromatic rings. The fourth-order valence-corrected chi connectivity index (χ4v) is 2.53. The molecule has 19 heavy (non-hydrogen) atoms. The second kappa shape index (κ2) is 5.71. The van der Waals surface area contributed by atoms with Gasteiger partial charge < -0.3 is 0 Å². The third-order valence-corrected chi connectivity index (χ3v) is 3.71. The molecule has 0 aliphatic heterocycles. The van der Waals surface area contributed by atoms with Crippen LogP contribution in [0.2, 0.25) is 0 Å². The van der Waals surface area contributed by atoms with Crippen molar-refractivity contribution in [3.8, 4) is 11.4 Å². The zero-order valence-corrected chi connectivity index (χ0v) is 11.1. The SMILES string of the molecule is c1ccc(SCc2nc(-c3ccccc3)n[nH]2)cc1. The maximum atomic E-state index is 4.51. The third-order valence-electron chi connectivity index (χ3n) is 2.68. The van der Waals surface area contributed by atoms with E-state index in [1.165, 1.54) is 4.90 Å². The van der Waals surface area contributed by atoms with Crippen molar-refractivity contribution in [1.29, 1.82) is 0 Å². The van der Waals surface area contributed by atoms with Crippen molar-refractivity contribution in [1.82, 2.24) is 15.2 Å². The van der Waals surface area contributed by atoms with Crippen molar-refractivity contribution >= 4 is 11.8 Å². The lowest BCUT2D eigenvalue weighted by molar-refractivity contribution is 1.03. The van der Waals surface area contributed by atoms with E-state index in [-0.39, 0.29) is 0 Å². The number of aromatic amines is 1. The molecular formula is C15H13N3S. The van der Waals surface area contributed by atoms with Crippen molar-refractivity contribution in [3.05, 3.63) is 66.5 Å². The topological polar surface area (TPSA) is 41.6 Å². The van der Waals surface area contributed by atoms with Crippen molar-refractivity contribution in [2.24, 2.45) is 0 Å². The standard InChI is InChI=1S/C15H13N3S/c1-3-7-12(8-4-1)15-16-14(17-18-15)11-19-13-9-5-2-6-10-13/h1-10H,11H2,(H,16,17,18). The monoisotopic (exact) mass is 267 g/mol. The van der Waals surface area contributed by atoms with Crippen LogP contribution in [-0.4, -0.2) is 15.2 Å². The second-order valence-corrected chi connectivity index (χ2v) is 5.12. The van der Waals surface area contributed by atoms with E-state index < -0.39 is 0 Å². The third kappa shape index (κ3) is 3.03. The first kappa shape index (κ1) is 12.0. The Balaban J connectivity index is 1.69. The first-order valence-corrected chi connectivity index (χ1v) is 7.05. The molecule has 0 saturated carbocycles. The molecule has 0 spiro atoms. The van der Waals surface area contributed by atoms with Gasteiger partial charge in [-0.2, -0.15) is 5.10 Å². The average Bonchev–Trinajstić information content (AvgIpc) is 2.96. The minimum Gasteiger partial charge on any atom is -0.262 e. The summed E-state index contributed by atoms with van der Waals surface area (Å²) in [6.07, 6.45) is 0. The molecular weight excluding hydrogens is 254 g/mol. The number of hydrogen-bond acceptors (Lipinski definition) is 3. The van der Waals surface area contributed by atoms with Gasteiger partial charge in [0.2, 0.25) is 0 Å². The second-order valence-electron chi connectivity index (χ2n) is 4.07. The van der Waals surface area contributed by atoms with Gasteiger partial charge in [-0.15, -0.1) is 11.8 Å². The van der Waals surface area contributed by atoms with Crippen molar-refractivity contribution in [2.75, 3.05) is 0 Å². The van der Waals surface area contributed by atoms with Crippen LogP contribution in [0.4, 0.5) is 0 Å². The molecule has 0 bridgehead atoms. The van der Waals surface area contributed by atoms with Gasteiger partial charge in [-0.05, 0) is 12.1 Å². The van der Waals surface area contributed by atoms with Gasteiger partial charge in [0.05, 0.1) is 5.75 Å². The van der Waals surface area contributed by atoms with Gasteiger partial charge in [0.25, 0.3) is 0 Å². The number of aromatic nitrogens is 3. The fourth-order valence-electron chi connectivity index (χ4n) is 1.74. The summed E-state index contributed by atoms with van der Waals surface area (Å²) in [5.41, 5.74) is 1.04. The summed E-state index contributed by atoms with van der Waals surface area (Å²) in [5.74, 6) is 2.45. The lowest BCUT2D eigenvalue weighted by Gasteiger charge is -1.97. The van der Waals surface area contributed by atoms with Gasteiger partial charge in [0.1, 0.15) is 5.82 Å². The Morgan fingerprint density at radius 1 is 0.895 bits per heavy atom. The van der Waals surface area contributed by atoms with Crippen LogP contribution < -0.4 is 0 Å². The smallest absolute Gasteiger partial charge is 0.181 e. The van der Waals surface area contributed by atoms with E-state index in [9.17, 15) is 0 Å². The number of nitrogens with zero attached hydrogens (tertiary/aromatic N) is 2. The van der Waals surface area contributed by atoms with Crippen LogP contribution in [0.1, 0.15) is 5.82 Å². The van der Waals surface area contributed by atoms with Crippen molar-refractivity contribution < 1.29 is 0 Å². The lowest BCUT2D eigenvalue weighted by atomic mass is 10.2. The van der Waals surface area contributed by atoms with E-state index in [0.29, 0.717) is 0 Å². The zero-order valence-electron chi connectivity index (χ0n) is 10.3. The Morgan fingerprint density at radius 2 is 1.58 bits per heavy atom. The van der Waals surface area contributed by atoms with Gasteiger partial charge in [0, 0.05) is 10.5 Å². The number of nitrogens with one attached hydrogen (secondary N) is 1. The largest absolute Gasteiger partial charge is 0.262 e. The van der Waals surface area contributed by atoms with Gasteiger partial charge >= 0.3 is 0 Å². The maximum Gasteiger partial charge on any atom is 0.181 e. The van der Waals surface area contributed by atoms with Crippen LogP contribution in [0.15, 0.2) is 65.6 Å². The highest BCUT2D eigenvalue weighted by Crippen LogP contribution is 2.21. The Hall–Kier alpha value is -2.07. The Bertz CT molecular complexity index is 635. The summed E-state index contributed by atoms with van der Waals surface area (Å²) in [4.78, 5) is 5.74. The number of H-pyrrole nitrogens is 1. The summed E-state index contributed by atoms with van der Waals surface area (Å²) in [7, 11) is 0. The number of benzene rings is 2. The van der Waals surface area contributed by atoms with E-state index in [1.54, 1.807) is 11.8 Å². The molecule has 3 nitrogen and oxygen atoms in total. The fraction of sp³-hybridized carbons (Fsp3) is 0.0667. The minimum atomic E-state index is 0.754. The zero-order chi connectivity index (χ0) is 12.9. The molecule has 0 aliphatic carbocycles. The molecule has 1 aromatic heterocycles. The van der Waals surface area contributed by atoms with Gasteiger partial charge in [0.15, 0.2) is 5.82 Å². The summed E-state index contributed by atoms with van der Waals surface area (Å²) in [5, 5.41) is 7.24. The van der Waals surface area contributed by atoms with Crippen LogP contribution in [0.3, 0.4) is 0 Å². The normalized spacial score (nSPS) is 10.5. The predicted octanol–water partition coefficient (Wildman–Crippen LogP) is 3.76. The number of rotatable bonds is 4. The summed E-state index contributed by atoms with van der Waals surface area (Å²) >= 11 is 1.75. The number of hydrogen-bond donors (Lipinski definition) is 1. The Labute approximate surface area is 116 Å². The molecule has 0 radical (unpaired) electrons. The van der Waals surface area contributed by atoms with Gasteiger partial charge in [-0.1, -0.05) is 48.5 Å². The molecule has 0 atom stereocenters. The first-order chi connectivity index (χ1) is 9.42. The van der Waals surface area contributed by atoms with Crippen LogP contribution in [0.5, 0.6) is 0 Å². The first-order valence-electron chi connectivity index (χ1n) is 6.06. The van der Waals surface area contributed by atoms with E-state index in [1.807, 2.05) is 48.5 Å². The van der Waals surface area contributed by atoms with Crippen LogP contribution in [0.25, 0.3) is 11.4 Å². The Morgan fingerprint density at radius 3 is 2.32 bits per heavy atom. The summed E-state index contributed by atoms with van der Waals surface area (Å²) in [6.45, 7) is 0. The molecule has 94 valence electrons. The maximum absolute atomic E-state index is 4.51. The van der Waals surface area contributed by atoms with E-state index in [4.69, 9.17) is 0 Å². The summed E-state index contributed by atoms with van der Waals surface area (Å²) in [6, 6.07) is 20.3. The molecule has 3 rings (SSSR count). The quantitative estimate of drug-likeness (QED) is 0.732. The van der Waals surface area contributed by atoms with Crippen LogP contribution in [-0.2, 0) is 5.75 Å². The van der Waals surface area contributed by atoms with E-state index in [2.05, 4.69) is 27.3 Å². The lowest BCUT2D eigenvalue weighted by Crippen LogP contribution is -1.84. The molecule has 1 N–H and O–H groups in total. The van der Waals surface area contributed by atoms with Crippen LogP contribution in [0, 0.1) is 0 Å². The van der Waals surface area contributed by atoms with Crippen LogP contribution >= 0.6 is 11.8 Å². The highest BCUT2D eigenvalue weighted by atomic mass is 32.2. The van der Waals surface area contributed by atoms with E-state index >= 15 is 0 Å². The Kier molecular flexibility index (Phi) is 3.61. The summed E-state index contributed by atoms with van der Waals surface area (Å²) < 4.78 is 0. The molecule has 0 aliphatic rings. The minimum absolute atomic E-state index is 0.754. The molecule has 0 fully saturated rings. The molecule has 4 heteroatoms. The van der Waals surface area contributed by atoms with E-state index in [0.717, 1.165) is 23.0 Å². The average molecular weight is 267 g/mol. The molecule has 0 unspecified atom stereocenters. The predicted molar refractivity (Wildman–Crippen MR) is 77.8 cm³/mol. The highest BCUT2D eigenvalue weighted by Gasteiger charge is 2.05. The molecule has 0 saturated heterocycles.